The summed E-state index contributed by atoms with van der Waals surface area (Å²) in [5.74, 6) is 2.91. The fraction of sp³-hybridized carbons (Fsp3) is 0.174. The van der Waals surface area contributed by atoms with Gasteiger partial charge in [-0.1, -0.05) is 58.0 Å². The zero-order chi connectivity index (χ0) is 21.6. The number of halogens is 1. The third-order valence-corrected chi connectivity index (χ3v) is 6.50. The standard InChI is InChI=1S/C23H21BrN4O2S/c1-29-20-12-18(19(24)13-21(20)30-2)15-31-23-27-26-22(17-8-10-25-11-9-17)28(23)14-16-6-4-3-5-7-16/h3-13H,14-15H2,1-2H3. The molecule has 2 aromatic carbocycles. The van der Waals surface area contributed by atoms with Crippen molar-refractivity contribution in [2.45, 2.75) is 17.5 Å². The van der Waals surface area contributed by atoms with Crippen molar-refractivity contribution < 1.29 is 9.47 Å². The van der Waals surface area contributed by atoms with Crippen LogP contribution < -0.4 is 9.47 Å². The molecule has 0 saturated heterocycles. The molecule has 0 fully saturated rings. The maximum absolute atomic E-state index is 5.45. The lowest BCUT2D eigenvalue weighted by Gasteiger charge is -2.13. The van der Waals surface area contributed by atoms with E-state index in [2.05, 4.69) is 47.8 Å². The van der Waals surface area contributed by atoms with Crippen molar-refractivity contribution in [3.8, 4) is 22.9 Å². The van der Waals surface area contributed by atoms with Crippen LogP contribution in [0.1, 0.15) is 11.1 Å². The Morgan fingerprint density at radius 2 is 1.65 bits per heavy atom. The summed E-state index contributed by atoms with van der Waals surface area (Å²) in [4.78, 5) is 4.12. The number of pyridine rings is 1. The molecule has 0 bridgehead atoms. The normalized spacial score (nSPS) is 10.8. The molecule has 4 aromatic rings. The molecule has 0 radical (unpaired) electrons. The summed E-state index contributed by atoms with van der Waals surface area (Å²) >= 11 is 5.27. The van der Waals surface area contributed by atoms with Crippen LogP contribution >= 0.6 is 27.7 Å². The Hall–Kier alpha value is -2.84. The lowest BCUT2D eigenvalue weighted by molar-refractivity contribution is 0.354. The second-order valence-electron chi connectivity index (χ2n) is 6.70. The highest BCUT2D eigenvalue weighted by atomic mass is 79.9. The molecule has 0 atom stereocenters. The van der Waals surface area contributed by atoms with Gasteiger partial charge in [-0.25, -0.2) is 0 Å². The van der Waals surface area contributed by atoms with E-state index in [9.17, 15) is 0 Å². The van der Waals surface area contributed by atoms with Crippen LogP contribution in [0.4, 0.5) is 0 Å². The Bertz CT molecular complexity index is 1150. The number of thioether (sulfide) groups is 1. The van der Waals surface area contributed by atoms with Crippen LogP contribution in [0.5, 0.6) is 11.5 Å². The number of hydrogen-bond donors (Lipinski definition) is 0. The van der Waals surface area contributed by atoms with Crippen LogP contribution in [-0.4, -0.2) is 34.0 Å². The first-order chi connectivity index (χ1) is 15.2. The van der Waals surface area contributed by atoms with E-state index in [4.69, 9.17) is 9.47 Å². The molecule has 31 heavy (non-hydrogen) atoms. The van der Waals surface area contributed by atoms with Crippen LogP contribution in [0, 0.1) is 0 Å². The highest BCUT2D eigenvalue weighted by molar-refractivity contribution is 9.10. The molecule has 2 heterocycles. The summed E-state index contributed by atoms with van der Waals surface area (Å²) in [6.07, 6.45) is 3.54. The summed E-state index contributed by atoms with van der Waals surface area (Å²) in [5.41, 5.74) is 3.26. The van der Waals surface area contributed by atoms with Gasteiger partial charge in [0.25, 0.3) is 0 Å². The number of aromatic nitrogens is 4. The SMILES string of the molecule is COc1cc(Br)c(CSc2nnc(-c3ccncc3)n2Cc2ccccc2)cc1OC. The fourth-order valence-electron chi connectivity index (χ4n) is 3.17. The molecule has 2 aromatic heterocycles. The molecular weight excluding hydrogens is 476 g/mol. The van der Waals surface area contributed by atoms with E-state index in [0.717, 1.165) is 26.6 Å². The van der Waals surface area contributed by atoms with Crippen molar-refractivity contribution in [3.05, 3.63) is 82.6 Å². The summed E-state index contributed by atoms with van der Waals surface area (Å²) in [6, 6.07) is 18.1. The van der Waals surface area contributed by atoms with Crippen molar-refractivity contribution in [3.63, 3.8) is 0 Å². The first-order valence-corrected chi connectivity index (χ1v) is 11.4. The first kappa shape index (κ1) is 21.4. The highest BCUT2D eigenvalue weighted by Gasteiger charge is 2.16. The molecule has 4 rings (SSSR count). The minimum Gasteiger partial charge on any atom is -0.493 e. The maximum atomic E-state index is 5.45. The number of hydrogen-bond acceptors (Lipinski definition) is 6. The van der Waals surface area contributed by atoms with Gasteiger partial charge >= 0.3 is 0 Å². The van der Waals surface area contributed by atoms with Crippen LogP contribution in [0.2, 0.25) is 0 Å². The molecule has 8 heteroatoms. The minimum atomic E-state index is 0.681. The van der Waals surface area contributed by atoms with E-state index < -0.39 is 0 Å². The topological polar surface area (TPSA) is 62.1 Å². The summed E-state index contributed by atoms with van der Waals surface area (Å²) in [6.45, 7) is 0.681. The smallest absolute Gasteiger partial charge is 0.192 e. The lowest BCUT2D eigenvalue weighted by atomic mass is 10.2. The van der Waals surface area contributed by atoms with E-state index in [1.807, 2.05) is 42.5 Å². The van der Waals surface area contributed by atoms with Crippen LogP contribution in [0.3, 0.4) is 0 Å². The first-order valence-electron chi connectivity index (χ1n) is 9.60. The van der Waals surface area contributed by atoms with Gasteiger partial charge in [0.05, 0.1) is 20.8 Å². The predicted octanol–water partition coefficient (Wildman–Crippen LogP) is 5.46. The summed E-state index contributed by atoms with van der Waals surface area (Å²) in [5, 5.41) is 9.83. The summed E-state index contributed by atoms with van der Waals surface area (Å²) < 4.78 is 13.9. The average molecular weight is 497 g/mol. The van der Waals surface area contributed by atoms with Gasteiger partial charge in [0.15, 0.2) is 22.5 Å². The van der Waals surface area contributed by atoms with Gasteiger partial charge < -0.3 is 9.47 Å². The zero-order valence-electron chi connectivity index (χ0n) is 17.2. The third-order valence-electron chi connectivity index (χ3n) is 4.75. The maximum Gasteiger partial charge on any atom is 0.192 e. The van der Waals surface area contributed by atoms with Crippen molar-refractivity contribution in [1.29, 1.82) is 0 Å². The number of ether oxygens (including phenoxy) is 2. The second kappa shape index (κ2) is 9.98. The average Bonchev–Trinajstić information content (AvgIpc) is 3.21. The van der Waals surface area contributed by atoms with Crippen LogP contribution in [0.15, 0.2) is 76.6 Å². The predicted molar refractivity (Wildman–Crippen MR) is 126 cm³/mol. The lowest BCUT2D eigenvalue weighted by Crippen LogP contribution is -2.04. The van der Waals surface area contributed by atoms with Crippen molar-refractivity contribution in [2.24, 2.45) is 0 Å². The number of methoxy groups -OCH3 is 2. The van der Waals surface area contributed by atoms with Gasteiger partial charge in [-0.2, -0.15) is 0 Å². The van der Waals surface area contributed by atoms with Gasteiger partial charge in [0.1, 0.15) is 0 Å². The molecular formula is C23H21BrN4O2S. The van der Waals surface area contributed by atoms with Gasteiger partial charge in [-0.05, 0) is 35.4 Å². The molecule has 0 spiro atoms. The van der Waals surface area contributed by atoms with Gasteiger partial charge in [0.2, 0.25) is 0 Å². The Balaban J connectivity index is 1.65. The Morgan fingerprint density at radius 1 is 0.935 bits per heavy atom. The quantitative estimate of drug-likeness (QED) is 0.302. The largest absolute Gasteiger partial charge is 0.493 e. The van der Waals surface area contributed by atoms with E-state index >= 15 is 0 Å². The number of benzene rings is 2. The van der Waals surface area contributed by atoms with Crippen molar-refractivity contribution >= 4 is 27.7 Å². The fourth-order valence-corrected chi connectivity index (χ4v) is 4.74. The van der Waals surface area contributed by atoms with E-state index in [0.29, 0.717) is 23.8 Å². The van der Waals surface area contributed by atoms with Gasteiger partial charge in [-0.15, -0.1) is 10.2 Å². The van der Waals surface area contributed by atoms with Crippen molar-refractivity contribution in [1.82, 2.24) is 19.7 Å². The second-order valence-corrected chi connectivity index (χ2v) is 8.50. The monoisotopic (exact) mass is 496 g/mol. The Kier molecular flexibility index (Phi) is 6.89. The molecule has 158 valence electrons. The third kappa shape index (κ3) is 4.91. The zero-order valence-corrected chi connectivity index (χ0v) is 19.6. The van der Waals surface area contributed by atoms with Crippen LogP contribution in [0.25, 0.3) is 11.4 Å². The molecule has 0 saturated carbocycles. The molecule has 0 aliphatic carbocycles. The van der Waals surface area contributed by atoms with Gasteiger partial charge in [0, 0.05) is 28.2 Å². The molecule has 6 nitrogen and oxygen atoms in total. The van der Waals surface area contributed by atoms with E-state index in [1.165, 1.54) is 5.56 Å². The van der Waals surface area contributed by atoms with Crippen molar-refractivity contribution in [2.75, 3.05) is 14.2 Å². The van der Waals surface area contributed by atoms with E-state index in [1.54, 1.807) is 38.4 Å². The molecule has 0 unspecified atom stereocenters. The Labute approximate surface area is 193 Å². The molecule has 0 aliphatic rings. The molecule has 0 amide bonds. The van der Waals surface area contributed by atoms with E-state index in [-0.39, 0.29) is 0 Å². The Morgan fingerprint density at radius 3 is 2.35 bits per heavy atom. The number of rotatable bonds is 8. The molecule has 0 aliphatic heterocycles. The highest BCUT2D eigenvalue weighted by Crippen LogP contribution is 2.36. The summed E-state index contributed by atoms with van der Waals surface area (Å²) in [7, 11) is 3.27. The molecule has 0 N–H and O–H groups in total. The number of nitrogens with zero attached hydrogens (tertiary/aromatic N) is 4. The van der Waals surface area contributed by atoms with Gasteiger partial charge in [-0.3, -0.25) is 9.55 Å². The minimum absolute atomic E-state index is 0.681. The van der Waals surface area contributed by atoms with Crippen LogP contribution in [-0.2, 0) is 12.3 Å².